The summed E-state index contributed by atoms with van der Waals surface area (Å²) in [6.45, 7) is 3.95. The molecule has 3 rings (SSSR count). The Labute approximate surface area is 172 Å². The molecule has 0 aliphatic carbocycles. The molecule has 2 aromatic heterocycles. The predicted octanol–water partition coefficient (Wildman–Crippen LogP) is 4.18. The van der Waals surface area contributed by atoms with E-state index in [9.17, 15) is 14.9 Å². The molecule has 0 amide bonds. The molecule has 0 aliphatic heterocycles. The van der Waals surface area contributed by atoms with Gasteiger partial charge in [0.25, 0.3) is 0 Å². The number of esters is 1. The number of benzene rings is 1. The lowest BCUT2D eigenvalue weighted by molar-refractivity contribution is -0.141. The monoisotopic (exact) mass is 411 g/mol. The number of carbonyl (C=O) groups excluding carboxylic acids is 2. The van der Waals surface area contributed by atoms with Gasteiger partial charge in [-0.05, 0) is 18.4 Å². The molecule has 0 saturated carbocycles. The van der Waals surface area contributed by atoms with Gasteiger partial charge in [0.1, 0.15) is 39.4 Å². The molecule has 3 N–H and O–H groups in total. The SMILES string of the molecule is COC(=O)C(CC(C)C)Nc1sc(C(=O)c2coc3ccccc23)c(N)c1C#N. The number of rotatable bonds is 7. The van der Waals surface area contributed by atoms with Gasteiger partial charge < -0.3 is 20.2 Å². The third-order valence-corrected chi connectivity index (χ3v) is 5.62. The molecule has 0 aliphatic rings. The maximum atomic E-state index is 13.1. The second kappa shape index (κ2) is 8.37. The fraction of sp³-hybridized carbons (Fsp3) is 0.286. The summed E-state index contributed by atoms with van der Waals surface area (Å²) < 4.78 is 10.3. The number of hydrogen-bond donors (Lipinski definition) is 2. The first-order chi connectivity index (χ1) is 13.9. The van der Waals surface area contributed by atoms with E-state index in [0.717, 1.165) is 11.3 Å². The summed E-state index contributed by atoms with van der Waals surface area (Å²) in [5.41, 5.74) is 7.32. The number of nitriles is 1. The average Bonchev–Trinajstić information content (AvgIpc) is 3.27. The van der Waals surface area contributed by atoms with Gasteiger partial charge in [0.05, 0.1) is 18.4 Å². The molecule has 29 heavy (non-hydrogen) atoms. The van der Waals surface area contributed by atoms with Crippen molar-refractivity contribution in [1.82, 2.24) is 0 Å². The van der Waals surface area contributed by atoms with Gasteiger partial charge in [0.2, 0.25) is 5.78 Å². The third kappa shape index (κ3) is 3.96. The number of ketones is 1. The van der Waals surface area contributed by atoms with E-state index in [1.165, 1.54) is 13.4 Å². The number of fused-ring (bicyclic) bond motifs is 1. The van der Waals surface area contributed by atoms with Crippen LogP contribution < -0.4 is 11.1 Å². The van der Waals surface area contributed by atoms with Crippen LogP contribution >= 0.6 is 11.3 Å². The Bertz CT molecular complexity index is 1110. The number of nitrogens with one attached hydrogen (secondary N) is 1. The minimum atomic E-state index is -0.650. The smallest absolute Gasteiger partial charge is 0.328 e. The van der Waals surface area contributed by atoms with Crippen molar-refractivity contribution in [2.24, 2.45) is 5.92 Å². The number of ether oxygens (including phenoxy) is 1. The Balaban J connectivity index is 2.00. The summed E-state index contributed by atoms with van der Waals surface area (Å²) in [5, 5.41) is 13.7. The molecule has 1 atom stereocenters. The second-order valence-electron chi connectivity index (χ2n) is 6.99. The van der Waals surface area contributed by atoms with Crippen molar-refractivity contribution in [2.45, 2.75) is 26.3 Å². The number of para-hydroxylation sites is 1. The first kappa shape index (κ1) is 20.4. The fourth-order valence-electron chi connectivity index (χ4n) is 3.09. The van der Waals surface area contributed by atoms with Gasteiger partial charge in [-0.2, -0.15) is 5.26 Å². The summed E-state index contributed by atoms with van der Waals surface area (Å²) in [6.07, 6.45) is 1.90. The van der Waals surface area contributed by atoms with Gasteiger partial charge in [0, 0.05) is 5.39 Å². The first-order valence-electron chi connectivity index (χ1n) is 9.05. The number of methoxy groups -OCH3 is 1. The number of nitrogens with zero attached hydrogens (tertiary/aromatic N) is 1. The largest absolute Gasteiger partial charge is 0.467 e. The van der Waals surface area contributed by atoms with Crippen molar-refractivity contribution in [3.8, 4) is 6.07 Å². The van der Waals surface area contributed by atoms with Crippen LogP contribution in [0.15, 0.2) is 34.9 Å². The zero-order valence-electron chi connectivity index (χ0n) is 16.3. The molecular weight excluding hydrogens is 390 g/mol. The number of nitrogens with two attached hydrogens (primary N) is 1. The van der Waals surface area contributed by atoms with Gasteiger partial charge in [0.15, 0.2) is 0 Å². The molecule has 3 aromatic rings. The minimum absolute atomic E-state index is 0.0865. The van der Waals surface area contributed by atoms with Crippen molar-refractivity contribution in [1.29, 1.82) is 5.26 Å². The second-order valence-corrected chi connectivity index (χ2v) is 8.01. The Morgan fingerprint density at radius 1 is 1.34 bits per heavy atom. The minimum Gasteiger partial charge on any atom is -0.467 e. The van der Waals surface area contributed by atoms with E-state index in [0.29, 0.717) is 28.0 Å². The quantitative estimate of drug-likeness (QED) is 0.442. The number of nitrogen functional groups attached to an aromatic ring is 1. The zero-order valence-corrected chi connectivity index (χ0v) is 17.1. The van der Waals surface area contributed by atoms with Crippen LogP contribution in [0.5, 0.6) is 0 Å². The van der Waals surface area contributed by atoms with E-state index in [-0.39, 0.29) is 27.8 Å². The van der Waals surface area contributed by atoms with Crippen molar-refractivity contribution >= 4 is 44.7 Å². The molecular formula is C21H21N3O4S. The van der Waals surface area contributed by atoms with E-state index in [2.05, 4.69) is 5.32 Å². The van der Waals surface area contributed by atoms with Gasteiger partial charge in [-0.15, -0.1) is 11.3 Å². The van der Waals surface area contributed by atoms with E-state index in [1.807, 2.05) is 32.0 Å². The normalized spacial score (nSPS) is 12.0. The molecule has 1 aromatic carbocycles. The lowest BCUT2D eigenvalue weighted by atomic mass is 10.0. The van der Waals surface area contributed by atoms with E-state index in [4.69, 9.17) is 14.9 Å². The number of carbonyl (C=O) groups is 2. The van der Waals surface area contributed by atoms with Crippen LogP contribution in [0.3, 0.4) is 0 Å². The summed E-state index contributed by atoms with van der Waals surface area (Å²) in [4.78, 5) is 25.5. The summed E-state index contributed by atoms with van der Waals surface area (Å²) >= 11 is 1.05. The first-order valence-corrected chi connectivity index (χ1v) is 9.86. The number of anilines is 2. The van der Waals surface area contributed by atoms with Crippen molar-refractivity contribution in [3.63, 3.8) is 0 Å². The average molecular weight is 411 g/mol. The molecule has 150 valence electrons. The predicted molar refractivity (Wildman–Crippen MR) is 112 cm³/mol. The lowest BCUT2D eigenvalue weighted by Gasteiger charge is -2.18. The Morgan fingerprint density at radius 2 is 2.07 bits per heavy atom. The van der Waals surface area contributed by atoms with Crippen LogP contribution in [0.1, 0.15) is 41.1 Å². The summed E-state index contributed by atoms with van der Waals surface area (Å²) in [7, 11) is 1.31. The molecule has 8 heteroatoms. The van der Waals surface area contributed by atoms with Crippen LogP contribution in [-0.4, -0.2) is 24.9 Å². The fourth-order valence-corrected chi connectivity index (χ4v) is 4.16. The highest BCUT2D eigenvalue weighted by Crippen LogP contribution is 2.38. The lowest BCUT2D eigenvalue weighted by Crippen LogP contribution is -2.32. The number of hydrogen-bond acceptors (Lipinski definition) is 8. The maximum absolute atomic E-state index is 13.1. The van der Waals surface area contributed by atoms with Crippen LogP contribution in [-0.2, 0) is 9.53 Å². The van der Waals surface area contributed by atoms with Gasteiger partial charge in [-0.3, -0.25) is 4.79 Å². The van der Waals surface area contributed by atoms with Gasteiger partial charge in [-0.25, -0.2) is 4.79 Å². The van der Waals surface area contributed by atoms with E-state index >= 15 is 0 Å². The Kier molecular flexibility index (Phi) is 5.89. The molecule has 0 radical (unpaired) electrons. The molecule has 2 heterocycles. The van der Waals surface area contributed by atoms with Gasteiger partial charge in [-0.1, -0.05) is 32.0 Å². The van der Waals surface area contributed by atoms with Crippen LogP contribution in [0, 0.1) is 17.2 Å². The number of furan rings is 1. The van der Waals surface area contributed by atoms with Crippen LogP contribution in [0.25, 0.3) is 11.0 Å². The van der Waals surface area contributed by atoms with E-state index < -0.39 is 12.0 Å². The maximum Gasteiger partial charge on any atom is 0.328 e. The van der Waals surface area contributed by atoms with Crippen molar-refractivity contribution in [2.75, 3.05) is 18.2 Å². The molecule has 7 nitrogen and oxygen atoms in total. The highest BCUT2D eigenvalue weighted by molar-refractivity contribution is 7.19. The standard InChI is InChI=1S/C21H21N3O4S/c1-11(2)8-15(21(26)27-3)24-20-13(9-22)17(23)19(29-20)18(25)14-10-28-16-7-5-4-6-12(14)16/h4-7,10-11,15,24H,8,23H2,1-3H3. The molecule has 0 fully saturated rings. The Morgan fingerprint density at radius 3 is 2.72 bits per heavy atom. The zero-order chi connectivity index (χ0) is 21.1. The molecule has 0 bridgehead atoms. The van der Waals surface area contributed by atoms with E-state index in [1.54, 1.807) is 12.1 Å². The van der Waals surface area contributed by atoms with Crippen molar-refractivity contribution in [3.05, 3.63) is 46.5 Å². The van der Waals surface area contributed by atoms with Gasteiger partial charge >= 0.3 is 5.97 Å². The van der Waals surface area contributed by atoms with Crippen LogP contribution in [0.2, 0.25) is 0 Å². The number of thiophene rings is 1. The molecule has 0 spiro atoms. The molecule has 0 saturated heterocycles. The summed E-state index contributed by atoms with van der Waals surface area (Å²) in [5.74, 6) is -0.559. The highest BCUT2D eigenvalue weighted by Gasteiger charge is 2.28. The van der Waals surface area contributed by atoms with Crippen molar-refractivity contribution < 1.29 is 18.7 Å². The topological polar surface area (TPSA) is 118 Å². The molecule has 1 unspecified atom stereocenters. The third-order valence-electron chi connectivity index (χ3n) is 4.49. The van der Waals surface area contributed by atoms with Crippen LogP contribution in [0.4, 0.5) is 10.7 Å². The Hall–Kier alpha value is -3.31. The highest BCUT2D eigenvalue weighted by atomic mass is 32.1. The summed E-state index contributed by atoms with van der Waals surface area (Å²) in [6, 6.07) is 8.57.